The molecule has 1 aromatic heterocycles. The zero-order valence-corrected chi connectivity index (χ0v) is 11.9. The fraction of sp³-hybridized carbons (Fsp3) is 0.538. The summed E-state index contributed by atoms with van der Waals surface area (Å²) in [6, 6.07) is 2.53. The van der Waals surface area contributed by atoms with Gasteiger partial charge in [-0.05, 0) is 12.0 Å². The topological polar surface area (TPSA) is 68.3 Å². The van der Waals surface area contributed by atoms with Crippen LogP contribution in [0.25, 0.3) is 0 Å². The number of carbonyl (C=O) groups excluding carboxylic acids is 1. The highest BCUT2D eigenvalue weighted by Gasteiger charge is 2.33. The van der Waals surface area contributed by atoms with Gasteiger partial charge in [0.05, 0.1) is 0 Å². The maximum atomic E-state index is 12.5. The fourth-order valence-electron chi connectivity index (χ4n) is 1.83. The summed E-state index contributed by atoms with van der Waals surface area (Å²) in [5.74, 6) is -0.886. The molecule has 8 heteroatoms. The van der Waals surface area contributed by atoms with Gasteiger partial charge in [-0.1, -0.05) is 13.8 Å². The maximum Gasteiger partial charge on any atom is 0.406 e. The van der Waals surface area contributed by atoms with Crippen molar-refractivity contribution in [2.45, 2.75) is 26.6 Å². The third-order valence-electron chi connectivity index (χ3n) is 2.62. The van der Waals surface area contributed by atoms with E-state index in [1.165, 1.54) is 18.3 Å². The van der Waals surface area contributed by atoms with Crippen LogP contribution in [-0.4, -0.2) is 34.6 Å². The molecule has 0 aromatic carbocycles. The molecular weight excluding hydrogens is 287 g/mol. The quantitative estimate of drug-likeness (QED) is 0.896. The Morgan fingerprint density at radius 3 is 2.52 bits per heavy atom. The molecule has 0 fully saturated rings. The van der Waals surface area contributed by atoms with E-state index < -0.39 is 30.7 Å². The number of nitrogen functional groups attached to an aromatic ring is 1. The average molecular weight is 305 g/mol. The van der Waals surface area contributed by atoms with Gasteiger partial charge in [0.2, 0.25) is 5.91 Å². The van der Waals surface area contributed by atoms with Crippen molar-refractivity contribution in [2.75, 3.05) is 18.8 Å². The van der Waals surface area contributed by atoms with E-state index >= 15 is 0 Å². The second-order valence-corrected chi connectivity index (χ2v) is 5.21. The number of rotatable bonds is 5. The van der Waals surface area contributed by atoms with Crippen LogP contribution in [-0.2, 0) is 11.3 Å². The molecule has 21 heavy (non-hydrogen) atoms. The number of nitrogens with two attached hydrogens (primary N) is 1. The summed E-state index contributed by atoms with van der Waals surface area (Å²) >= 11 is 0. The molecule has 5 nitrogen and oxygen atoms in total. The summed E-state index contributed by atoms with van der Waals surface area (Å²) in [4.78, 5) is 24.3. The molecule has 0 saturated heterocycles. The standard InChI is InChI=1S/C13H18F3N3O2/c1-9(2)5-19(8-13(14,15)16)12(21)7-18-6-10(17)3-4-11(18)20/h3-4,6,9H,5,7-8,17H2,1-2H3. The van der Waals surface area contributed by atoms with E-state index in [0.717, 1.165) is 4.57 Å². The summed E-state index contributed by atoms with van der Waals surface area (Å²) in [7, 11) is 0. The normalized spacial score (nSPS) is 11.7. The van der Waals surface area contributed by atoms with Crippen molar-refractivity contribution in [1.82, 2.24) is 9.47 Å². The summed E-state index contributed by atoms with van der Waals surface area (Å²) in [6.07, 6.45) is -3.24. The van der Waals surface area contributed by atoms with Crippen molar-refractivity contribution < 1.29 is 18.0 Å². The van der Waals surface area contributed by atoms with Crippen LogP contribution in [0.4, 0.5) is 18.9 Å². The van der Waals surface area contributed by atoms with Gasteiger partial charge in [0, 0.05) is 24.5 Å². The van der Waals surface area contributed by atoms with Gasteiger partial charge >= 0.3 is 6.18 Å². The van der Waals surface area contributed by atoms with Gasteiger partial charge in [0.1, 0.15) is 13.1 Å². The molecule has 118 valence electrons. The largest absolute Gasteiger partial charge is 0.406 e. The molecule has 2 N–H and O–H groups in total. The number of hydrogen-bond donors (Lipinski definition) is 1. The van der Waals surface area contributed by atoms with Gasteiger partial charge in [0.15, 0.2) is 0 Å². The first-order chi connectivity index (χ1) is 9.58. The molecule has 1 heterocycles. The number of aromatic nitrogens is 1. The predicted molar refractivity (Wildman–Crippen MR) is 72.6 cm³/mol. The first-order valence-corrected chi connectivity index (χ1v) is 6.39. The lowest BCUT2D eigenvalue weighted by Gasteiger charge is -2.26. The number of pyridine rings is 1. The van der Waals surface area contributed by atoms with Gasteiger partial charge in [0.25, 0.3) is 5.56 Å². The van der Waals surface area contributed by atoms with Crippen molar-refractivity contribution in [1.29, 1.82) is 0 Å². The Hall–Kier alpha value is -1.99. The number of anilines is 1. The monoisotopic (exact) mass is 305 g/mol. The average Bonchev–Trinajstić information content (AvgIpc) is 2.30. The van der Waals surface area contributed by atoms with Crippen molar-refractivity contribution >= 4 is 11.6 Å². The van der Waals surface area contributed by atoms with Crippen molar-refractivity contribution in [2.24, 2.45) is 5.92 Å². The van der Waals surface area contributed by atoms with Gasteiger partial charge in [-0.3, -0.25) is 9.59 Å². The summed E-state index contributed by atoms with van der Waals surface area (Å²) in [5.41, 5.74) is 5.26. The summed E-state index contributed by atoms with van der Waals surface area (Å²) < 4.78 is 38.6. The Labute approximate surface area is 120 Å². The van der Waals surface area contributed by atoms with E-state index in [9.17, 15) is 22.8 Å². The Balaban J connectivity index is 2.90. The minimum atomic E-state index is -4.48. The van der Waals surface area contributed by atoms with Crippen molar-refractivity contribution in [3.05, 3.63) is 28.7 Å². The molecule has 0 aliphatic carbocycles. The van der Waals surface area contributed by atoms with Gasteiger partial charge in [-0.15, -0.1) is 0 Å². The Morgan fingerprint density at radius 2 is 2.00 bits per heavy atom. The molecule has 0 bridgehead atoms. The second-order valence-electron chi connectivity index (χ2n) is 5.21. The summed E-state index contributed by atoms with van der Waals surface area (Å²) in [6.45, 7) is 1.59. The van der Waals surface area contributed by atoms with Crippen LogP contribution in [0, 0.1) is 5.92 Å². The lowest BCUT2D eigenvalue weighted by molar-refractivity contribution is -0.162. The van der Waals surface area contributed by atoms with Gasteiger partial charge in [-0.25, -0.2) is 0 Å². The molecule has 0 radical (unpaired) electrons. The molecule has 1 rings (SSSR count). The van der Waals surface area contributed by atoms with E-state index in [0.29, 0.717) is 4.90 Å². The number of hydrogen-bond acceptors (Lipinski definition) is 3. The van der Waals surface area contributed by atoms with E-state index in [-0.39, 0.29) is 18.2 Å². The van der Waals surface area contributed by atoms with Crippen molar-refractivity contribution in [3.8, 4) is 0 Å². The zero-order valence-electron chi connectivity index (χ0n) is 11.9. The number of amides is 1. The SMILES string of the molecule is CC(C)CN(CC(F)(F)F)C(=O)Cn1cc(N)ccc1=O. The molecule has 1 amide bonds. The molecule has 0 atom stereocenters. The van der Waals surface area contributed by atoms with Crippen LogP contribution in [0.5, 0.6) is 0 Å². The van der Waals surface area contributed by atoms with Crippen LogP contribution in [0.3, 0.4) is 0 Å². The number of carbonyl (C=O) groups is 1. The molecule has 0 spiro atoms. The van der Waals surface area contributed by atoms with Crippen LogP contribution in [0.1, 0.15) is 13.8 Å². The highest BCUT2D eigenvalue weighted by molar-refractivity contribution is 5.76. The Morgan fingerprint density at radius 1 is 1.38 bits per heavy atom. The van der Waals surface area contributed by atoms with Crippen LogP contribution >= 0.6 is 0 Å². The number of alkyl halides is 3. The molecule has 0 unspecified atom stereocenters. The second kappa shape index (κ2) is 6.64. The Kier molecular flexibility index (Phi) is 5.40. The minimum Gasteiger partial charge on any atom is -0.398 e. The van der Waals surface area contributed by atoms with Crippen LogP contribution in [0.15, 0.2) is 23.1 Å². The molecule has 0 aliphatic heterocycles. The van der Waals surface area contributed by atoms with E-state index in [1.807, 2.05) is 0 Å². The molecule has 0 saturated carbocycles. The van der Waals surface area contributed by atoms with Gasteiger partial charge in [-0.2, -0.15) is 13.2 Å². The molecule has 0 aliphatic rings. The first-order valence-electron chi connectivity index (χ1n) is 6.39. The highest BCUT2D eigenvalue weighted by atomic mass is 19.4. The van der Waals surface area contributed by atoms with Crippen LogP contribution < -0.4 is 11.3 Å². The van der Waals surface area contributed by atoms with E-state index in [2.05, 4.69) is 0 Å². The minimum absolute atomic E-state index is 0.0323. The lowest BCUT2D eigenvalue weighted by Crippen LogP contribution is -2.43. The third-order valence-corrected chi connectivity index (χ3v) is 2.62. The molecular formula is C13H18F3N3O2. The van der Waals surface area contributed by atoms with Gasteiger partial charge < -0.3 is 15.2 Å². The zero-order chi connectivity index (χ0) is 16.2. The van der Waals surface area contributed by atoms with Crippen LogP contribution in [0.2, 0.25) is 0 Å². The smallest absolute Gasteiger partial charge is 0.398 e. The molecule has 1 aromatic rings. The fourth-order valence-corrected chi connectivity index (χ4v) is 1.83. The van der Waals surface area contributed by atoms with E-state index in [4.69, 9.17) is 5.73 Å². The highest BCUT2D eigenvalue weighted by Crippen LogP contribution is 2.17. The third kappa shape index (κ3) is 5.88. The van der Waals surface area contributed by atoms with E-state index in [1.54, 1.807) is 13.8 Å². The lowest BCUT2D eigenvalue weighted by atomic mass is 10.2. The number of halogens is 3. The predicted octanol–water partition coefficient (Wildman–Crippen LogP) is 1.48. The summed E-state index contributed by atoms with van der Waals surface area (Å²) in [5, 5.41) is 0. The Bertz CT molecular complexity index is 552. The number of nitrogens with zero attached hydrogens (tertiary/aromatic N) is 2. The first kappa shape index (κ1) is 17.1. The van der Waals surface area contributed by atoms with Crippen molar-refractivity contribution in [3.63, 3.8) is 0 Å². The maximum absolute atomic E-state index is 12.5.